The molecule has 1 fully saturated rings. The smallest absolute Gasteiger partial charge is 0.0642 e. The highest BCUT2D eigenvalue weighted by Gasteiger charge is 2.14. The molecule has 1 nitrogen and oxygen atoms in total. The van der Waals surface area contributed by atoms with Gasteiger partial charge in [-0.1, -0.05) is 24.6 Å². The molecule has 0 aliphatic carbocycles. The van der Waals surface area contributed by atoms with Crippen LogP contribution in [0.15, 0.2) is 18.2 Å². The van der Waals surface area contributed by atoms with Gasteiger partial charge in [0.1, 0.15) is 0 Å². The zero-order valence-electron chi connectivity index (χ0n) is 9.75. The van der Waals surface area contributed by atoms with Crippen molar-refractivity contribution in [2.75, 3.05) is 18.0 Å². The first-order chi connectivity index (χ1) is 7.68. The summed E-state index contributed by atoms with van der Waals surface area (Å²) in [6.45, 7) is 10.1. The minimum atomic E-state index is 0.0490. The van der Waals surface area contributed by atoms with Crippen molar-refractivity contribution >= 4 is 17.3 Å². The van der Waals surface area contributed by atoms with Crippen LogP contribution in [0.5, 0.6) is 0 Å². The van der Waals surface area contributed by atoms with E-state index in [-0.39, 0.29) is 5.92 Å². The molecule has 0 aromatic heterocycles. The number of piperidine rings is 1. The van der Waals surface area contributed by atoms with E-state index < -0.39 is 0 Å². The van der Waals surface area contributed by atoms with Crippen LogP contribution >= 0.6 is 11.6 Å². The SMILES string of the molecule is [CH]C(C)c1ccc(N2CCCCC2)c(Cl)c1. The van der Waals surface area contributed by atoms with Crippen molar-refractivity contribution in [2.45, 2.75) is 32.1 Å². The first-order valence-corrected chi connectivity index (χ1v) is 6.36. The van der Waals surface area contributed by atoms with Crippen LogP contribution in [-0.4, -0.2) is 13.1 Å². The topological polar surface area (TPSA) is 3.24 Å². The third-order valence-corrected chi connectivity index (χ3v) is 3.50. The van der Waals surface area contributed by atoms with Crippen LogP contribution in [0.1, 0.15) is 37.7 Å². The molecule has 86 valence electrons. The molecule has 1 heterocycles. The summed E-state index contributed by atoms with van der Waals surface area (Å²) >= 11 is 6.31. The fourth-order valence-electron chi connectivity index (χ4n) is 2.20. The van der Waals surface area contributed by atoms with E-state index in [9.17, 15) is 0 Å². The van der Waals surface area contributed by atoms with E-state index in [4.69, 9.17) is 18.5 Å². The lowest BCUT2D eigenvalue weighted by atomic mass is 10.0. The largest absolute Gasteiger partial charge is 0.370 e. The molecule has 1 atom stereocenters. The number of hydrogen-bond acceptors (Lipinski definition) is 1. The van der Waals surface area contributed by atoms with E-state index in [0.717, 1.165) is 29.4 Å². The third kappa shape index (κ3) is 2.52. The first kappa shape index (κ1) is 11.8. The maximum Gasteiger partial charge on any atom is 0.0642 e. The lowest BCUT2D eigenvalue weighted by molar-refractivity contribution is 0.578. The highest BCUT2D eigenvalue weighted by atomic mass is 35.5. The van der Waals surface area contributed by atoms with Crippen LogP contribution in [0.4, 0.5) is 5.69 Å². The Labute approximate surface area is 103 Å². The highest BCUT2D eigenvalue weighted by Crippen LogP contribution is 2.31. The van der Waals surface area contributed by atoms with Gasteiger partial charge in [0.05, 0.1) is 10.7 Å². The van der Waals surface area contributed by atoms with E-state index >= 15 is 0 Å². The normalized spacial score (nSPS) is 16.9. The van der Waals surface area contributed by atoms with Crippen LogP contribution in [0.3, 0.4) is 0 Å². The highest BCUT2D eigenvalue weighted by molar-refractivity contribution is 6.33. The van der Waals surface area contributed by atoms with Crippen molar-refractivity contribution in [1.29, 1.82) is 0 Å². The lowest BCUT2D eigenvalue weighted by Gasteiger charge is -2.29. The van der Waals surface area contributed by atoms with Crippen molar-refractivity contribution in [1.82, 2.24) is 0 Å². The molecular formula is C14H18ClN. The summed E-state index contributed by atoms with van der Waals surface area (Å²) in [6, 6.07) is 6.18. The quantitative estimate of drug-likeness (QED) is 0.745. The summed E-state index contributed by atoms with van der Waals surface area (Å²) in [5.74, 6) is 0.0490. The fraction of sp³-hybridized carbons (Fsp3) is 0.500. The summed E-state index contributed by atoms with van der Waals surface area (Å²) in [7, 11) is 0. The molecule has 2 rings (SSSR count). The monoisotopic (exact) mass is 235 g/mol. The number of hydrogen-bond donors (Lipinski definition) is 0. The molecule has 2 heteroatoms. The minimum absolute atomic E-state index is 0.0490. The molecule has 1 unspecified atom stereocenters. The number of rotatable bonds is 2. The molecule has 0 saturated carbocycles. The van der Waals surface area contributed by atoms with E-state index in [1.807, 2.05) is 13.0 Å². The zero-order valence-corrected chi connectivity index (χ0v) is 10.5. The fourth-order valence-corrected chi connectivity index (χ4v) is 2.51. The third-order valence-electron chi connectivity index (χ3n) is 3.19. The van der Waals surface area contributed by atoms with Crippen molar-refractivity contribution < 1.29 is 0 Å². The van der Waals surface area contributed by atoms with E-state index in [0.29, 0.717) is 0 Å². The molecule has 2 radical (unpaired) electrons. The number of anilines is 1. The molecule has 1 aliphatic rings. The second-order valence-electron chi connectivity index (χ2n) is 4.55. The van der Waals surface area contributed by atoms with Crippen LogP contribution in [0.2, 0.25) is 5.02 Å². The Morgan fingerprint density at radius 1 is 1.25 bits per heavy atom. The molecule has 1 saturated heterocycles. The van der Waals surface area contributed by atoms with Crippen molar-refractivity contribution in [3.63, 3.8) is 0 Å². The average Bonchev–Trinajstić information content (AvgIpc) is 2.30. The van der Waals surface area contributed by atoms with Gasteiger partial charge in [0.2, 0.25) is 0 Å². The van der Waals surface area contributed by atoms with Crippen LogP contribution < -0.4 is 4.90 Å². The van der Waals surface area contributed by atoms with Gasteiger partial charge in [-0.15, -0.1) is 0 Å². The Balaban J connectivity index is 2.21. The predicted octanol–water partition coefficient (Wildman–Crippen LogP) is 4.14. The molecule has 1 aliphatic heterocycles. The molecule has 0 N–H and O–H groups in total. The average molecular weight is 236 g/mol. The summed E-state index contributed by atoms with van der Waals surface area (Å²) in [6.07, 6.45) is 3.88. The molecule has 16 heavy (non-hydrogen) atoms. The van der Waals surface area contributed by atoms with Crippen molar-refractivity contribution in [3.05, 3.63) is 35.7 Å². The molecule has 1 aromatic rings. The van der Waals surface area contributed by atoms with Gasteiger partial charge < -0.3 is 4.90 Å². The second kappa shape index (κ2) is 5.09. The maximum atomic E-state index is 6.31. The van der Waals surface area contributed by atoms with E-state index in [1.165, 1.54) is 19.3 Å². The Morgan fingerprint density at radius 3 is 2.50 bits per heavy atom. The van der Waals surface area contributed by atoms with Crippen LogP contribution in [0.25, 0.3) is 0 Å². The first-order valence-electron chi connectivity index (χ1n) is 5.98. The van der Waals surface area contributed by atoms with Gasteiger partial charge >= 0.3 is 0 Å². The lowest BCUT2D eigenvalue weighted by Crippen LogP contribution is -2.29. The Morgan fingerprint density at radius 2 is 1.94 bits per heavy atom. The molecule has 0 amide bonds. The van der Waals surface area contributed by atoms with Crippen LogP contribution in [0, 0.1) is 6.92 Å². The van der Waals surface area contributed by atoms with Crippen LogP contribution in [-0.2, 0) is 0 Å². The standard InChI is InChI=1S/C14H18ClN/c1-11(2)12-6-7-14(13(15)10-12)16-8-4-3-5-9-16/h1,6-7,10-11H,3-5,8-9H2,2H3. The maximum absolute atomic E-state index is 6.31. The molecule has 0 bridgehead atoms. The van der Waals surface area contributed by atoms with Gasteiger partial charge in [-0.2, -0.15) is 0 Å². The minimum Gasteiger partial charge on any atom is -0.370 e. The Hall–Kier alpha value is -0.690. The van der Waals surface area contributed by atoms with Gasteiger partial charge in [0.25, 0.3) is 0 Å². The van der Waals surface area contributed by atoms with Gasteiger partial charge in [0, 0.05) is 13.1 Å². The molecule has 0 spiro atoms. The molecular weight excluding hydrogens is 218 g/mol. The Kier molecular flexibility index (Phi) is 3.75. The molecule has 1 aromatic carbocycles. The summed E-state index contributed by atoms with van der Waals surface area (Å²) < 4.78 is 0. The van der Waals surface area contributed by atoms with Gasteiger partial charge in [0.15, 0.2) is 0 Å². The number of halogens is 1. The summed E-state index contributed by atoms with van der Waals surface area (Å²) in [5, 5.41) is 0.830. The van der Waals surface area contributed by atoms with E-state index in [1.54, 1.807) is 0 Å². The Bertz CT molecular complexity index is 354. The van der Waals surface area contributed by atoms with Crippen molar-refractivity contribution in [3.8, 4) is 0 Å². The van der Waals surface area contributed by atoms with Gasteiger partial charge in [-0.3, -0.25) is 0 Å². The summed E-state index contributed by atoms with van der Waals surface area (Å²) in [5.41, 5.74) is 2.26. The predicted molar refractivity (Wildman–Crippen MR) is 70.2 cm³/mol. The zero-order chi connectivity index (χ0) is 11.5. The van der Waals surface area contributed by atoms with Gasteiger partial charge in [-0.25, -0.2) is 0 Å². The van der Waals surface area contributed by atoms with Crippen molar-refractivity contribution in [2.24, 2.45) is 0 Å². The summed E-state index contributed by atoms with van der Waals surface area (Å²) in [4.78, 5) is 2.37. The van der Waals surface area contributed by atoms with Gasteiger partial charge in [-0.05, 0) is 49.8 Å². The van der Waals surface area contributed by atoms with E-state index in [2.05, 4.69) is 17.0 Å². The number of benzene rings is 1. The number of nitrogens with zero attached hydrogens (tertiary/aromatic N) is 1. The second-order valence-corrected chi connectivity index (χ2v) is 4.95.